The molecule has 0 aromatic carbocycles. The molecule has 236 valence electrons. The number of rotatable bonds is 6. The third-order valence-electron chi connectivity index (χ3n) is 2.68. The summed E-state index contributed by atoms with van der Waals surface area (Å²) in [6.07, 6.45) is 9.62. The van der Waals surface area contributed by atoms with Gasteiger partial charge in [0.25, 0.3) is 0 Å². The van der Waals surface area contributed by atoms with E-state index in [4.69, 9.17) is 0 Å². The largest absolute Gasteiger partial charge is 0.345 e. The van der Waals surface area contributed by atoms with Gasteiger partial charge in [0.1, 0.15) is 0 Å². The summed E-state index contributed by atoms with van der Waals surface area (Å²) in [5.74, 6) is 1.48. The maximum Gasteiger partial charge on any atom is 0.0975 e. The average molecular weight is 543 g/mol. The number of hydrogen-bond donors (Lipinski definition) is 1. The second kappa shape index (κ2) is 64.9. The standard InChI is InChI=1S/C12H22N2.C6H12.C5H12.C3H8.4C2H6.C2H4/c1-6-8-13-11(5)14-12(7-2)9-10(3)4;1-4-6(3)5-2;1-5(2,3)4;1-3-2;5*1-2/h7,9-10H,2,6,8H2,1,3-5H3,(H,13,14);4H,5H2,1-3H3;1-4H3;3H2,1-2H3;4*1-2H3;1-2H2/b12-9+;6-4+;;;;;;;. The second-order valence-electron chi connectivity index (χ2n) is 8.86. The summed E-state index contributed by atoms with van der Waals surface area (Å²) in [6, 6.07) is 0. The Balaban J connectivity index is -0.0000000421. The Labute approximate surface area is 247 Å². The molecule has 1 N–H and O–H groups in total. The summed E-state index contributed by atoms with van der Waals surface area (Å²) in [7, 11) is 0. The Hall–Kier alpha value is -1.57. The molecule has 0 aromatic heterocycles. The van der Waals surface area contributed by atoms with E-state index in [1.165, 1.54) is 18.4 Å². The van der Waals surface area contributed by atoms with E-state index >= 15 is 0 Å². The van der Waals surface area contributed by atoms with Crippen molar-refractivity contribution in [2.75, 3.05) is 6.54 Å². The summed E-state index contributed by atoms with van der Waals surface area (Å²) < 4.78 is 0. The summed E-state index contributed by atoms with van der Waals surface area (Å²) in [4.78, 5) is 4.35. The molecule has 0 heterocycles. The van der Waals surface area contributed by atoms with Gasteiger partial charge in [-0.2, -0.15) is 0 Å². The van der Waals surface area contributed by atoms with Gasteiger partial charge in [-0.15, -0.1) is 13.2 Å². The molecule has 2 nitrogen and oxygen atoms in total. The first-order chi connectivity index (χ1) is 17.8. The summed E-state index contributed by atoms with van der Waals surface area (Å²) in [6.45, 7) is 54.4. The minimum absolute atomic E-state index is 0.500. The zero-order valence-electron chi connectivity index (χ0n) is 31.2. The first-order valence-corrected chi connectivity index (χ1v) is 15.6. The minimum Gasteiger partial charge on any atom is -0.345 e. The van der Waals surface area contributed by atoms with E-state index in [2.05, 4.69) is 125 Å². The van der Waals surface area contributed by atoms with Gasteiger partial charge in [0.2, 0.25) is 0 Å². The second-order valence-corrected chi connectivity index (χ2v) is 8.86. The maximum absolute atomic E-state index is 4.35. The Bertz CT molecular complexity index is 427. The quantitative estimate of drug-likeness (QED) is 0.153. The molecule has 0 amide bonds. The normalized spacial score (nSPS) is 9.58. The molecule has 0 spiro atoms. The first kappa shape index (κ1) is 60.8. The van der Waals surface area contributed by atoms with Crippen LogP contribution in [0.3, 0.4) is 0 Å². The fraction of sp³-hybridized carbons (Fsp3) is 0.750. The Morgan fingerprint density at radius 3 is 1.29 bits per heavy atom. The van der Waals surface area contributed by atoms with Crippen LogP contribution in [0, 0.1) is 11.3 Å². The highest BCUT2D eigenvalue weighted by Crippen LogP contribution is 2.08. The highest BCUT2D eigenvalue weighted by Gasteiger charge is 1.96. The van der Waals surface area contributed by atoms with E-state index in [9.17, 15) is 0 Å². The van der Waals surface area contributed by atoms with Gasteiger partial charge in [-0.3, -0.25) is 4.99 Å². The van der Waals surface area contributed by atoms with Crippen LogP contribution in [0.5, 0.6) is 0 Å². The molecule has 0 atom stereocenters. The minimum atomic E-state index is 0.500. The van der Waals surface area contributed by atoms with Gasteiger partial charge < -0.3 is 5.32 Å². The molecular weight excluding hydrogens is 460 g/mol. The van der Waals surface area contributed by atoms with Crippen LogP contribution < -0.4 is 5.32 Å². The van der Waals surface area contributed by atoms with E-state index in [-0.39, 0.29) is 0 Å². The highest BCUT2D eigenvalue weighted by atomic mass is 15.0. The predicted octanol–water partition coefficient (Wildman–Crippen LogP) is 13.9. The van der Waals surface area contributed by atoms with Crippen molar-refractivity contribution in [3.8, 4) is 0 Å². The third-order valence-corrected chi connectivity index (χ3v) is 2.68. The van der Waals surface area contributed by atoms with E-state index in [1.54, 1.807) is 0 Å². The zero-order valence-corrected chi connectivity index (χ0v) is 31.2. The molecule has 0 saturated carbocycles. The first-order valence-electron chi connectivity index (χ1n) is 15.6. The molecule has 0 radical (unpaired) electrons. The van der Waals surface area contributed by atoms with Gasteiger partial charge in [0, 0.05) is 12.2 Å². The molecule has 0 aliphatic carbocycles. The average Bonchev–Trinajstić information content (AvgIpc) is 2.92. The molecule has 0 aromatic rings. The van der Waals surface area contributed by atoms with Crippen molar-refractivity contribution in [3.05, 3.63) is 49.2 Å². The number of amidine groups is 1. The number of nitrogens with one attached hydrogen (secondary N) is 1. The lowest BCUT2D eigenvalue weighted by atomic mass is 10.0. The lowest BCUT2D eigenvalue weighted by Gasteiger charge is -2.07. The highest BCUT2D eigenvalue weighted by molar-refractivity contribution is 5.81. The van der Waals surface area contributed by atoms with Crippen molar-refractivity contribution >= 4 is 5.84 Å². The van der Waals surface area contributed by atoms with E-state index in [1.807, 2.05) is 68.4 Å². The molecule has 2 heteroatoms. The van der Waals surface area contributed by atoms with Gasteiger partial charge in [0.15, 0.2) is 0 Å². The summed E-state index contributed by atoms with van der Waals surface area (Å²) >= 11 is 0. The lowest BCUT2D eigenvalue weighted by molar-refractivity contribution is 0.469. The summed E-state index contributed by atoms with van der Waals surface area (Å²) in [5.41, 5.74) is 3.01. The summed E-state index contributed by atoms with van der Waals surface area (Å²) in [5, 5.41) is 3.23. The van der Waals surface area contributed by atoms with Crippen molar-refractivity contribution in [1.29, 1.82) is 0 Å². The Kier molecular flexibility index (Phi) is 104. The Morgan fingerprint density at radius 1 is 0.816 bits per heavy atom. The van der Waals surface area contributed by atoms with Crippen molar-refractivity contribution in [3.63, 3.8) is 0 Å². The van der Waals surface area contributed by atoms with Crippen LogP contribution in [-0.2, 0) is 0 Å². The van der Waals surface area contributed by atoms with Crippen LogP contribution in [0.2, 0.25) is 0 Å². The van der Waals surface area contributed by atoms with E-state index in [0.717, 1.165) is 24.5 Å². The van der Waals surface area contributed by atoms with Crippen molar-refractivity contribution in [2.45, 2.75) is 165 Å². The molecule has 0 saturated heterocycles. The van der Waals surface area contributed by atoms with E-state index in [0.29, 0.717) is 11.3 Å². The number of allylic oxidation sites excluding steroid dienone is 4. The van der Waals surface area contributed by atoms with E-state index < -0.39 is 0 Å². The van der Waals surface area contributed by atoms with Gasteiger partial charge in [-0.05, 0) is 51.0 Å². The molecule has 0 unspecified atom stereocenters. The maximum atomic E-state index is 4.35. The molecule has 0 bridgehead atoms. The molecular formula is C36H82N2. The smallest absolute Gasteiger partial charge is 0.0975 e. The monoisotopic (exact) mass is 543 g/mol. The van der Waals surface area contributed by atoms with Crippen LogP contribution in [-0.4, -0.2) is 12.4 Å². The van der Waals surface area contributed by atoms with Crippen LogP contribution in [0.15, 0.2) is 54.2 Å². The van der Waals surface area contributed by atoms with Gasteiger partial charge >= 0.3 is 0 Å². The number of nitrogens with zero attached hydrogens (tertiary/aromatic N) is 1. The van der Waals surface area contributed by atoms with Crippen molar-refractivity contribution < 1.29 is 0 Å². The molecule has 38 heavy (non-hydrogen) atoms. The lowest BCUT2D eigenvalue weighted by Crippen LogP contribution is -2.19. The van der Waals surface area contributed by atoms with Crippen LogP contribution in [0.25, 0.3) is 0 Å². The van der Waals surface area contributed by atoms with Crippen molar-refractivity contribution in [1.82, 2.24) is 5.32 Å². The molecule has 0 fully saturated rings. The predicted molar refractivity (Wildman–Crippen MR) is 192 cm³/mol. The molecule has 0 aliphatic heterocycles. The van der Waals surface area contributed by atoms with Gasteiger partial charge in [-0.25, -0.2) is 0 Å². The van der Waals surface area contributed by atoms with Gasteiger partial charge in [-0.1, -0.05) is 155 Å². The SMILES string of the molecule is C/C=C(\C)CC.C=C.C=C/C(=C\C(C)C)NC(C)=NCCC.CC.CC.CC.CC.CC(C)(C)C.CCC. The third kappa shape index (κ3) is 143. The zero-order chi connectivity index (χ0) is 33.2. The Morgan fingerprint density at radius 2 is 1.13 bits per heavy atom. The van der Waals surface area contributed by atoms with Crippen LogP contribution >= 0.6 is 0 Å². The van der Waals surface area contributed by atoms with Gasteiger partial charge in [0.05, 0.1) is 5.84 Å². The fourth-order valence-electron chi connectivity index (χ4n) is 1.25. The number of hydrogen-bond acceptors (Lipinski definition) is 1. The van der Waals surface area contributed by atoms with Crippen LogP contribution in [0.4, 0.5) is 0 Å². The topological polar surface area (TPSA) is 24.4 Å². The van der Waals surface area contributed by atoms with Crippen molar-refractivity contribution in [2.24, 2.45) is 16.3 Å². The number of aliphatic imine (C=N–C) groups is 1. The van der Waals surface area contributed by atoms with Crippen LogP contribution in [0.1, 0.15) is 165 Å². The fourth-order valence-corrected chi connectivity index (χ4v) is 1.25. The molecule has 0 aliphatic rings. The molecule has 0 rings (SSSR count).